The number of rotatable bonds is 6. The van der Waals surface area contributed by atoms with Gasteiger partial charge in [-0.25, -0.2) is 8.42 Å². The third kappa shape index (κ3) is 5.40. The van der Waals surface area contributed by atoms with Gasteiger partial charge in [-0.05, 0) is 50.5 Å². The average Bonchev–Trinajstić information content (AvgIpc) is 3.29. The Morgan fingerprint density at radius 2 is 1.81 bits per heavy atom. The second kappa shape index (κ2) is 10.4. The first kappa shape index (κ1) is 25.0. The molecule has 3 heterocycles. The topological polar surface area (TPSA) is 111 Å². The zero-order valence-electron chi connectivity index (χ0n) is 20.8. The molecule has 0 saturated carbocycles. The fraction of sp³-hybridized carbons (Fsp3) is 0.333. The van der Waals surface area contributed by atoms with Crippen LogP contribution < -0.4 is 14.8 Å². The number of aromatic nitrogens is 1. The molecular weight excluding hydrogens is 494 g/mol. The standard InChI is InChI=1S/C27H29N3O6S/c1-18-5-7-20(8-6-18)9-11-24-26(19(2)29-36-24)37(32,33)30-13-3-4-21(17-30)27(31)28-22-10-12-23-25(16-22)35-15-14-34-23/h5-12,16,21H,3-4,13-15,17H2,1-2H3,(H,28,31)/b11-9+/t21-/m0/s1. The van der Waals surface area contributed by atoms with E-state index in [1.165, 1.54) is 4.31 Å². The highest BCUT2D eigenvalue weighted by Crippen LogP contribution is 2.34. The maximum absolute atomic E-state index is 13.7. The molecule has 1 fully saturated rings. The van der Waals surface area contributed by atoms with E-state index in [9.17, 15) is 13.2 Å². The van der Waals surface area contributed by atoms with Crippen molar-refractivity contribution in [1.82, 2.24) is 9.46 Å². The number of hydrogen-bond acceptors (Lipinski definition) is 7. The van der Waals surface area contributed by atoms with Crippen LogP contribution in [0.25, 0.3) is 12.2 Å². The van der Waals surface area contributed by atoms with Crippen LogP contribution in [0.1, 0.15) is 35.4 Å². The Bertz CT molecular complexity index is 1430. The maximum atomic E-state index is 13.7. The highest BCUT2D eigenvalue weighted by atomic mass is 32.2. The monoisotopic (exact) mass is 523 g/mol. The fourth-order valence-corrected chi connectivity index (χ4v) is 6.29. The third-order valence-electron chi connectivity index (χ3n) is 6.50. The minimum atomic E-state index is -3.93. The van der Waals surface area contributed by atoms with E-state index in [0.717, 1.165) is 11.1 Å². The van der Waals surface area contributed by atoms with Crippen molar-refractivity contribution in [2.24, 2.45) is 5.92 Å². The van der Waals surface area contributed by atoms with Gasteiger partial charge in [-0.1, -0.05) is 41.1 Å². The van der Waals surface area contributed by atoms with Gasteiger partial charge in [0.05, 0.1) is 5.92 Å². The van der Waals surface area contributed by atoms with Gasteiger partial charge in [-0.3, -0.25) is 4.79 Å². The van der Waals surface area contributed by atoms with Crippen LogP contribution in [-0.4, -0.2) is 50.1 Å². The molecule has 5 rings (SSSR count). The molecule has 1 N–H and O–H groups in total. The average molecular weight is 524 g/mol. The SMILES string of the molecule is Cc1ccc(/C=C/c2onc(C)c2S(=O)(=O)N2CCC[C@H](C(=O)Nc3ccc4c(c3)OCCO4)C2)cc1. The van der Waals surface area contributed by atoms with Crippen molar-refractivity contribution in [3.05, 3.63) is 65.0 Å². The van der Waals surface area contributed by atoms with Gasteiger partial charge in [-0.2, -0.15) is 4.31 Å². The van der Waals surface area contributed by atoms with Crippen LogP contribution in [-0.2, 0) is 14.8 Å². The van der Waals surface area contributed by atoms with Crippen LogP contribution in [0.2, 0.25) is 0 Å². The third-order valence-corrected chi connectivity index (χ3v) is 8.52. The van der Waals surface area contributed by atoms with Crippen molar-refractivity contribution in [1.29, 1.82) is 0 Å². The molecule has 9 nitrogen and oxygen atoms in total. The number of nitrogens with one attached hydrogen (secondary N) is 1. The number of piperidine rings is 1. The van der Waals surface area contributed by atoms with Gasteiger partial charge in [0, 0.05) is 24.8 Å². The molecule has 1 amide bonds. The lowest BCUT2D eigenvalue weighted by Gasteiger charge is -2.31. The number of nitrogens with zero attached hydrogens (tertiary/aromatic N) is 2. The Hall–Kier alpha value is -3.63. The summed E-state index contributed by atoms with van der Waals surface area (Å²) in [5.41, 5.74) is 2.91. The van der Waals surface area contributed by atoms with Crippen molar-refractivity contribution in [3.8, 4) is 11.5 Å². The molecule has 10 heteroatoms. The van der Waals surface area contributed by atoms with Gasteiger partial charge in [0.25, 0.3) is 0 Å². The number of carbonyl (C=O) groups is 1. The molecule has 0 spiro atoms. The van der Waals surface area contributed by atoms with E-state index >= 15 is 0 Å². The number of ether oxygens (including phenoxy) is 2. The van der Waals surface area contributed by atoms with Gasteiger partial charge >= 0.3 is 0 Å². The van der Waals surface area contributed by atoms with E-state index in [1.807, 2.05) is 31.2 Å². The van der Waals surface area contributed by atoms with Crippen molar-refractivity contribution in [2.75, 3.05) is 31.6 Å². The number of benzene rings is 2. The molecule has 194 valence electrons. The van der Waals surface area contributed by atoms with Crippen LogP contribution in [0.15, 0.2) is 51.9 Å². The lowest BCUT2D eigenvalue weighted by Crippen LogP contribution is -2.43. The largest absolute Gasteiger partial charge is 0.486 e. The summed E-state index contributed by atoms with van der Waals surface area (Å²) in [6.07, 6.45) is 4.56. The van der Waals surface area contributed by atoms with Crippen LogP contribution >= 0.6 is 0 Å². The van der Waals surface area contributed by atoms with Gasteiger partial charge < -0.3 is 19.3 Å². The highest BCUT2D eigenvalue weighted by molar-refractivity contribution is 7.89. The van der Waals surface area contributed by atoms with Crippen molar-refractivity contribution in [3.63, 3.8) is 0 Å². The summed E-state index contributed by atoms with van der Waals surface area (Å²) < 4.78 is 45.2. The van der Waals surface area contributed by atoms with Crippen molar-refractivity contribution < 1.29 is 27.2 Å². The van der Waals surface area contributed by atoms with E-state index in [1.54, 1.807) is 37.3 Å². The van der Waals surface area contributed by atoms with Crippen LogP contribution in [0.5, 0.6) is 11.5 Å². The number of sulfonamides is 1. The highest BCUT2D eigenvalue weighted by Gasteiger charge is 2.37. The predicted molar refractivity (Wildman–Crippen MR) is 139 cm³/mol. The normalized spacial score (nSPS) is 18.2. The molecule has 0 radical (unpaired) electrons. The molecule has 0 unspecified atom stereocenters. The second-order valence-corrected chi connectivity index (χ2v) is 11.1. The van der Waals surface area contributed by atoms with E-state index in [4.69, 9.17) is 14.0 Å². The minimum absolute atomic E-state index is 0.0313. The molecule has 2 aliphatic heterocycles. The fourth-order valence-electron chi connectivity index (χ4n) is 4.52. The molecule has 2 aromatic carbocycles. The molecule has 3 aromatic rings. The molecule has 2 aliphatic rings. The Morgan fingerprint density at radius 3 is 2.59 bits per heavy atom. The Kier molecular flexibility index (Phi) is 7.03. The minimum Gasteiger partial charge on any atom is -0.486 e. The first-order valence-corrected chi connectivity index (χ1v) is 13.7. The Balaban J connectivity index is 1.31. The summed E-state index contributed by atoms with van der Waals surface area (Å²) in [5, 5.41) is 6.81. The lowest BCUT2D eigenvalue weighted by atomic mass is 9.98. The van der Waals surface area contributed by atoms with E-state index < -0.39 is 15.9 Å². The van der Waals surface area contributed by atoms with Crippen LogP contribution in [0, 0.1) is 19.8 Å². The molecule has 1 atom stereocenters. The van der Waals surface area contributed by atoms with Gasteiger partial charge in [0.15, 0.2) is 22.2 Å². The molecule has 0 bridgehead atoms. The number of carbonyl (C=O) groups excluding carboxylic acids is 1. The number of anilines is 1. The lowest BCUT2D eigenvalue weighted by molar-refractivity contribution is -0.120. The summed E-state index contributed by atoms with van der Waals surface area (Å²) in [6, 6.07) is 13.1. The number of fused-ring (bicyclic) bond motifs is 1. The summed E-state index contributed by atoms with van der Waals surface area (Å²) >= 11 is 0. The van der Waals surface area contributed by atoms with Crippen molar-refractivity contribution >= 4 is 33.8 Å². The van der Waals surface area contributed by atoms with Crippen molar-refractivity contribution in [2.45, 2.75) is 31.6 Å². The number of hydrogen-bond donors (Lipinski definition) is 1. The van der Waals surface area contributed by atoms with Gasteiger partial charge in [0.1, 0.15) is 18.9 Å². The Labute approximate surface area is 216 Å². The van der Waals surface area contributed by atoms with Gasteiger partial charge in [-0.15, -0.1) is 0 Å². The number of amides is 1. The number of aryl methyl sites for hydroxylation is 2. The molecule has 0 aliphatic carbocycles. The summed E-state index contributed by atoms with van der Waals surface area (Å²) in [5.74, 6) is 0.643. The zero-order chi connectivity index (χ0) is 26.0. The first-order chi connectivity index (χ1) is 17.8. The smallest absolute Gasteiger partial charge is 0.248 e. The van der Waals surface area contributed by atoms with Crippen LogP contribution in [0.4, 0.5) is 5.69 Å². The molecule has 1 saturated heterocycles. The van der Waals surface area contributed by atoms with Crippen LogP contribution in [0.3, 0.4) is 0 Å². The van der Waals surface area contributed by atoms with E-state index in [0.29, 0.717) is 49.8 Å². The summed E-state index contributed by atoms with van der Waals surface area (Å²) in [4.78, 5) is 13.1. The Morgan fingerprint density at radius 1 is 1.05 bits per heavy atom. The van der Waals surface area contributed by atoms with E-state index in [-0.39, 0.29) is 28.8 Å². The maximum Gasteiger partial charge on any atom is 0.248 e. The second-order valence-electron chi connectivity index (χ2n) is 9.26. The molecular formula is C27H29N3O6S. The van der Waals surface area contributed by atoms with E-state index in [2.05, 4.69) is 10.5 Å². The quantitative estimate of drug-likeness (QED) is 0.514. The summed E-state index contributed by atoms with van der Waals surface area (Å²) in [7, 11) is -3.93. The first-order valence-electron chi connectivity index (χ1n) is 12.2. The molecule has 1 aromatic heterocycles. The van der Waals surface area contributed by atoms with Gasteiger partial charge in [0.2, 0.25) is 15.9 Å². The zero-order valence-corrected chi connectivity index (χ0v) is 21.6. The predicted octanol–water partition coefficient (Wildman–Crippen LogP) is 4.27. The molecule has 37 heavy (non-hydrogen) atoms. The summed E-state index contributed by atoms with van der Waals surface area (Å²) in [6.45, 7) is 4.94.